The molecule has 0 bridgehead atoms. The first kappa shape index (κ1) is 17.0. The second-order valence-corrected chi connectivity index (χ2v) is 8.29. The highest BCUT2D eigenvalue weighted by atomic mass is 16.2. The lowest BCUT2D eigenvalue weighted by Gasteiger charge is -2.36. The molecule has 0 aromatic carbocycles. The highest BCUT2D eigenvalue weighted by Gasteiger charge is 2.36. The molecule has 1 saturated carbocycles. The Labute approximate surface area is 143 Å². The predicted octanol–water partition coefficient (Wildman–Crippen LogP) is 2.24. The number of carbonyl (C=O) groups excluding carboxylic acids is 2. The largest absolute Gasteiger partial charge is 0.369 e. The van der Waals surface area contributed by atoms with Crippen molar-refractivity contribution < 1.29 is 9.59 Å². The summed E-state index contributed by atoms with van der Waals surface area (Å²) in [6.45, 7) is 8.74. The molecule has 2 amide bonds. The van der Waals surface area contributed by atoms with Crippen molar-refractivity contribution in [3.63, 3.8) is 0 Å². The first-order valence-electron chi connectivity index (χ1n) is 8.89. The van der Waals surface area contributed by atoms with E-state index in [9.17, 15) is 9.59 Å². The van der Waals surface area contributed by atoms with E-state index in [1.807, 2.05) is 17.7 Å². The topological polar surface area (TPSA) is 81.2 Å². The van der Waals surface area contributed by atoms with Gasteiger partial charge < -0.3 is 10.6 Å². The number of nitrogens with two attached hydrogens (primary N) is 1. The second-order valence-electron chi connectivity index (χ2n) is 8.29. The predicted molar refractivity (Wildman–Crippen MR) is 91.6 cm³/mol. The monoisotopic (exact) mass is 332 g/mol. The SMILES string of the molecule is C[C@H]1CC[C@H](C(N)=O)CN1C(=O)c1cc(C2CC2)n(C(C)(C)C)n1. The van der Waals surface area contributed by atoms with E-state index in [0.29, 0.717) is 18.2 Å². The molecule has 1 aliphatic heterocycles. The molecular weight excluding hydrogens is 304 g/mol. The van der Waals surface area contributed by atoms with Crippen LogP contribution < -0.4 is 5.73 Å². The highest BCUT2D eigenvalue weighted by molar-refractivity contribution is 5.93. The van der Waals surface area contributed by atoms with Gasteiger partial charge in [-0.2, -0.15) is 5.10 Å². The average Bonchev–Trinajstić information content (AvgIpc) is 3.23. The van der Waals surface area contributed by atoms with Crippen molar-refractivity contribution >= 4 is 11.8 Å². The third-order valence-electron chi connectivity index (χ3n) is 5.13. The van der Waals surface area contributed by atoms with Gasteiger partial charge in [0.15, 0.2) is 5.69 Å². The van der Waals surface area contributed by atoms with Gasteiger partial charge in [-0.3, -0.25) is 14.3 Å². The third kappa shape index (κ3) is 3.19. The van der Waals surface area contributed by atoms with Gasteiger partial charge in [-0.15, -0.1) is 0 Å². The summed E-state index contributed by atoms with van der Waals surface area (Å²) in [5.74, 6) is -0.134. The number of amides is 2. The molecule has 6 heteroatoms. The van der Waals surface area contributed by atoms with Crippen molar-refractivity contribution in [3.05, 3.63) is 17.5 Å². The Hall–Kier alpha value is -1.85. The number of aromatic nitrogens is 2. The molecule has 0 radical (unpaired) electrons. The fourth-order valence-electron chi connectivity index (χ4n) is 3.48. The number of hydrogen-bond donors (Lipinski definition) is 1. The van der Waals surface area contributed by atoms with Gasteiger partial charge in [-0.05, 0) is 59.4 Å². The molecule has 1 aliphatic carbocycles. The zero-order valence-corrected chi connectivity index (χ0v) is 15.1. The summed E-state index contributed by atoms with van der Waals surface area (Å²) < 4.78 is 2.00. The van der Waals surface area contributed by atoms with E-state index in [-0.39, 0.29) is 29.3 Å². The standard InChI is InChI=1S/C18H28N4O2/c1-11-5-6-13(16(19)23)10-21(11)17(24)14-9-15(12-7-8-12)22(20-14)18(2,3)4/h9,11-13H,5-8,10H2,1-4H3,(H2,19,23)/t11-,13-/m0/s1. The zero-order valence-electron chi connectivity index (χ0n) is 15.1. The average molecular weight is 332 g/mol. The molecule has 0 unspecified atom stereocenters. The quantitative estimate of drug-likeness (QED) is 0.921. The number of piperidine rings is 1. The molecule has 1 aromatic rings. The molecule has 1 saturated heterocycles. The van der Waals surface area contributed by atoms with Crippen LogP contribution in [0.3, 0.4) is 0 Å². The van der Waals surface area contributed by atoms with E-state index in [0.717, 1.165) is 18.5 Å². The lowest BCUT2D eigenvalue weighted by atomic mass is 9.92. The Morgan fingerprint density at radius 3 is 2.42 bits per heavy atom. The molecule has 1 aromatic heterocycles. The van der Waals surface area contributed by atoms with Gasteiger partial charge in [0, 0.05) is 24.2 Å². The summed E-state index contributed by atoms with van der Waals surface area (Å²) in [5.41, 5.74) is 6.94. The van der Waals surface area contributed by atoms with Gasteiger partial charge in [0.1, 0.15) is 0 Å². The van der Waals surface area contributed by atoms with Crippen LogP contribution in [0.4, 0.5) is 0 Å². The number of rotatable bonds is 3. The second kappa shape index (κ2) is 5.90. The van der Waals surface area contributed by atoms with Gasteiger partial charge >= 0.3 is 0 Å². The summed E-state index contributed by atoms with van der Waals surface area (Å²) in [7, 11) is 0. The summed E-state index contributed by atoms with van der Waals surface area (Å²) in [6, 6.07) is 2.06. The maximum atomic E-state index is 13.0. The van der Waals surface area contributed by atoms with Crippen LogP contribution in [0, 0.1) is 5.92 Å². The van der Waals surface area contributed by atoms with Crippen LogP contribution >= 0.6 is 0 Å². The molecule has 6 nitrogen and oxygen atoms in total. The van der Waals surface area contributed by atoms with Crippen molar-refractivity contribution in [2.75, 3.05) is 6.54 Å². The van der Waals surface area contributed by atoms with Gasteiger partial charge in [0.25, 0.3) is 5.91 Å². The number of likely N-dealkylation sites (tertiary alicyclic amines) is 1. The maximum absolute atomic E-state index is 13.0. The number of hydrogen-bond acceptors (Lipinski definition) is 3. The minimum Gasteiger partial charge on any atom is -0.369 e. The number of primary amides is 1. The van der Waals surface area contributed by atoms with Gasteiger partial charge in [0.2, 0.25) is 5.91 Å². The van der Waals surface area contributed by atoms with Crippen LogP contribution in [-0.4, -0.2) is 39.1 Å². The van der Waals surface area contributed by atoms with E-state index in [1.165, 1.54) is 12.8 Å². The minimum absolute atomic E-state index is 0.0849. The summed E-state index contributed by atoms with van der Waals surface area (Å²) >= 11 is 0. The van der Waals surface area contributed by atoms with Crippen molar-refractivity contribution in [3.8, 4) is 0 Å². The van der Waals surface area contributed by atoms with E-state index in [4.69, 9.17) is 5.73 Å². The first-order valence-corrected chi connectivity index (χ1v) is 8.89. The lowest BCUT2D eigenvalue weighted by Crippen LogP contribution is -2.48. The Balaban J connectivity index is 1.88. The molecule has 2 heterocycles. The fraction of sp³-hybridized carbons (Fsp3) is 0.722. The lowest BCUT2D eigenvalue weighted by molar-refractivity contribution is -0.123. The number of carbonyl (C=O) groups is 2. The van der Waals surface area contributed by atoms with E-state index >= 15 is 0 Å². The molecule has 2 aliphatic rings. The molecule has 2 fully saturated rings. The zero-order chi connectivity index (χ0) is 17.6. The maximum Gasteiger partial charge on any atom is 0.274 e. The molecule has 0 spiro atoms. The van der Waals surface area contributed by atoms with Gasteiger partial charge in [0.05, 0.1) is 11.5 Å². The highest BCUT2D eigenvalue weighted by Crippen LogP contribution is 2.42. The third-order valence-corrected chi connectivity index (χ3v) is 5.13. The van der Waals surface area contributed by atoms with Gasteiger partial charge in [-0.25, -0.2) is 0 Å². The van der Waals surface area contributed by atoms with E-state index in [1.54, 1.807) is 4.90 Å². The molecule has 132 valence electrons. The Morgan fingerprint density at radius 2 is 1.88 bits per heavy atom. The Bertz CT molecular complexity index is 654. The molecule has 2 N–H and O–H groups in total. The minimum atomic E-state index is -0.321. The van der Waals surface area contributed by atoms with Crippen LogP contribution in [-0.2, 0) is 10.3 Å². The molecular formula is C18H28N4O2. The van der Waals surface area contributed by atoms with Crippen molar-refractivity contribution in [1.82, 2.24) is 14.7 Å². The van der Waals surface area contributed by atoms with E-state index < -0.39 is 0 Å². The first-order chi connectivity index (χ1) is 11.2. The summed E-state index contributed by atoms with van der Waals surface area (Å²) in [4.78, 5) is 26.3. The molecule has 3 rings (SSSR count). The molecule has 2 atom stereocenters. The Kier molecular flexibility index (Phi) is 4.18. The molecule has 24 heavy (non-hydrogen) atoms. The number of nitrogens with zero attached hydrogens (tertiary/aromatic N) is 3. The van der Waals surface area contributed by atoms with E-state index in [2.05, 4.69) is 25.9 Å². The van der Waals surface area contributed by atoms with Crippen molar-refractivity contribution in [1.29, 1.82) is 0 Å². The summed E-state index contributed by atoms with van der Waals surface area (Å²) in [6.07, 6.45) is 3.89. The van der Waals surface area contributed by atoms with Gasteiger partial charge in [-0.1, -0.05) is 0 Å². The normalized spacial score (nSPS) is 24.9. The summed E-state index contributed by atoms with van der Waals surface area (Å²) in [5, 5.41) is 4.63. The van der Waals surface area contributed by atoms with Crippen LogP contribution in [0.2, 0.25) is 0 Å². The smallest absolute Gasteiger partial charge is 0.274 e. The Morgan fingerprint density at radius 1 is 1.21 bits per heavy atom. The van der Waals surface area contributed by atoms with Crippen LogP contribution in [0.15, 0.2) is 6.07 Å². The van der Waals surface area contributed by atoms with Crippen molar-refractivity contribution in [2.45, 2.75) is 70.9 Å². The van der Waals surface area contributed by atoms with Crippen LogP contribution in [0.5, 0.6) is 0 Å². The fourth-order valence-corrected chi connectivity index (χ4v) is 3.48. The van der Waals surface area contributed by atoms with Crippen LogP contribution in [0.1, 0.15) is 75.5 Å². The van der Waals surface area contributed by atoms with Crippen LogP contribution in [0.25, 0.3) is 0 Å². The van der Waals surface area contributed by atoms with Crippen molar-refractivity contribution in [2.24, 2.45) is 11.7 Å².